The third-order valence-corrected chi connectivity index (χ3v) is 4.81. The van der Waals surface area contributed by atoms with E-state index < -0.39 is 11.3 Å². The average molecular weight is 301 g/mol. The molecular formula is C18H17ClO2. The second-order valence-corrected chi connectivity index (χ2v) is 5.93. The van der Waals surface area contributed by atoms with Crippen LogP contribution < -0.4 is 0 Å². The van der Waals surface area contributed by atoms with Gasteiger partial charge in [0.15, 0.2) is 0 Å². The molecule has 0 spiro atoms. The predicted octanol–water partition coefficient (Wildman–Crippen LogP) is 4.44. The molecule has 3 rings (SSSR count). The highest BCUT2D eigenvalue weighted by molar-refractivity contribution is 6.30. The lowest BCUT2D eigenvalue weighted by atomic mass is 9.87. The maximum atomic E-state index is 11.3. The summed E-state index contributed by atoms with van der Waals surface area (Å²) < 4.78 is 0. The summed E-state index contributed by atoms with van der Waals surface area (Å²) in [6.07, 6.45) is 1.58. The zero-order chi connectivity index (χ0) is 15.0. The van der Waals surface area contributed by atoms with E-state index >= 15 is 0 Å². The molecule has 1 N–H and O–H groups in total. The maximum absolute atomic E-state index is 11.3. The molecule has 1 aliphatic rings. The third kappa shape index (κ3) is 2.34. The second kappa shape index (κ2) is 5.53. The van der Waals surface area contributed by atoms with Crippen molar-refractivity contribution in [2.45, 2.75) is 31.1 Å². The second-order valence-electron chi connectivity index (χ2n) is 5.46. The molecule has 0 aromatic heterocycles. The molecule has 0 radical (unpaired) electrons. The summed E-state index contributed by atoms with van der Waals surface area (Å²) >= 11 is 6.13. The molecule has 0 bridgehead atoms. The smallest absolute Gasteiger partial charge is 0.322 e. The van der Waals surface area contributed by atoms with Crippen LogP contribution in [0.3, 0.4) is 0 Å². The van der Waals surface area contributed by atoms with Crippen LogP contribution in [0.2, 0.25) is 0 Å². The largest absolute Gasteiger partial charge is 0.480 e. The van der Waals surface area contributed by atoms with Gasteiger partial charge < -0.3 is 5.11 Å². The van der Waals surface area contributed by atoms with Crippen LogP contribution in [-0.4, -0.2) is 16.5 Å². The fourth-order valence-electron chi connectivity index (χ4n) is 3.29. The predicted molar refractivity (Wildman–Crippen MR) is 85.0 cm³/mol. The van der Waals surface area contributed by atoms with Gasteiger partial charge in [-0.1, -0.05) is 49.4 Å². The minimum absolute atomic E-state index is 0.159. The summed E-state index contributed by atoms with van der Waals surface area (Å²) in [5.74, 6) is -1.11. The lowest BCUT2D eigenvalue weighted by Gasteiger charge is -2.21. The van der Waals surface area contributed by atoms with Gasteiger partial charge in [0, 0.05) is 5.92 Å². The molecule has 0 unspecified atom stereocenters. The minimum Gasteiger partial charge on any atom is -0.480 e. The first-order valence-corrected chi connectivity index (χ1v) is 7.64. The Bertz CT molecular complexity index is 693. The molecule has 2 aromatic carbocycles. The van der Waals surface area contributed by atoms with Crippen molar-refractivity contribution < 1.29 is 9.90 Å². The van der Waals surface area contributed by atoms with Crippen LogP contribution in [0.1, 0.15) is 36.0 Å². The van der Waals surface area contributed by atoms with Gasteiger partial charge in [0.1, 0.15) is 5.38 Å². The molecule has 2 aromatic rings. The number of benzene rings is 2. The Labute approximate surface area is 129 Å². The van der Waals surface area contributed by atoms with Gasteiger partial charge in [-0.2, -0.15) is 0 Å². The van der Waals surface area contributed by atoms with Crippen molar-refractivity contribution in [3.05, 3.63) is 59.2 Å². The molecule has 0 fully saturated rings. The average Bonchev–Trinajstić information content (AvgIpc) is 2.87. The number of fused-ring (bicyclic) bond motifs is 3. The molecule has 3 heteroatoms. The highest BCUT2D eigenvalue weighted by Crippen LogP contribution is 2.42. The van der Waals surface area contributed by atoms with Crippen LogP contribution in [0.25, 0.3) is 11.1 Å². The van der Waals surface area contributed by atoms with Crippen LogP contribution >= 0.6 is 11.6 Å². The fourth-order valence-corrected chi connectivity index (χ4v) is 3.60. The Balaban J connectivity index is 2.09. The molecular weight excluding hydrogens is 284 g/mol. The summed E-state index contributed by atoms with van der Waals surface area (Å²) in [4.78, 5) is 11.3. The third-order valence-electron chi connectivity index (χ3n) is 4.32. The van der Waals surface area contributed by atoms with Crippen molar-refractivity contribution >= 4 is 17.6 Å². The molecule has 21 heavy (non-hydrogen) atoms. The van der Waals surface area contributed by atoms with Gasteiger partial charge in [-0.05, 0) is 40.7 Å². The van der Waals surface area contributed by atoms with E-state index in [1.54, 1.807) is 0 Å². The molecule has 0 amide bonds. The van der Waals surface area contributed by atoms with Gasteiger partial charge in [0.2, 0.25) is 0 Å². The normalized spacial score (nSPS) is 15.1. The first kappa shape index (κ1) is 14.2. The fraction of sp³-hybridized carbons (Fsp3) is 0.278. The molecule has 1 aliphatic carbocycles. The quantitative estimate of drug-likeness (QED) is 0.723. The summed E-state index contributed by atoms with van der Waals surface area (Å²) in [6.45, 7) is 1.99. The van der Waals surface area contributed by atoms with Crippen molar-refractivity contribution in [2.75, 3.05) is 0 Å². The molecule has 0 heterocycles. The monoisotopic (exact) mass is 300 g/mol. The summed E-state index contributed by atoms with van der Waals surface area (Å²) in [7, 11) is 0. The Hall–Kier alpha value is -1.80. The van der Waals surface area contributed by atoms with Crippen molar-refractivity contribution in [1.82, 2.24) is 0 Å². The standard InChI is InChI=1S/C18H17ClO2/c1-2-12(17(19)18(20)21)14-8-5-9-15-13-7-4-3-6-11(13)10-16(14)15/h3-9,12,17H,2,10H2,1H3,(H,20,21)/t12-,17-/m0/s1. The summed E-state index contributed by atoms with van der Waals surface area (Å²) in [5.41, 5.74) is 6.09. The summed E-state index contributed by atoms with van der Waals surface area (Å²) in [6, 6.07) is 14.5. The van der Waals surface area contributed by atoms with Crippen LogP contribution in [0.15, 0.2) is 42.5 Å². The summed E-state index contributed by atoms with van der Waals surface area (Å²) in [5, 5.41) is 8.35. The first-order valence-electron chi connectivity index (χ1n) is 7.20. The van der Waals surface area contributed by atoms with Gasteiger partial charge in [-0.25, -0.2) is 0 Å². The molecule has 0 saturated heterocycles. The molecule has 0 aliphatic heterocycles. The van der Waals surface area contributed by atoms with Crippen LogP contribution in [-0.2, 0) is 11.2 Å². The number of rotatable bonds is 4. The van der Waals surface area contributed by atoms with Crippen LogP contribution in [0.5, 0.6) is 0 Å². The van der Waals surface area contributed by atoms with E-state index in [0.29, 0.717) is 6.42 Å². The van der Waals surface area contributed by atoms with Crippen molar-refractivity contribution in [3.63, 3.8) is 0 Å². The maximum Gasteiger partial charge on any atom is 0.322 e. The van der Waals surface area contributed by atoms with Crippen molar-refractivity contribution in [2.24, 2.45) is 0 Å². The lowest BCUT2D eigenvalue weighted by molar-refractivity contribution is -0.137. The number of hydrogen-bond acceptors (Lipinski definition) is 1. The van der Waals surface area contributed by atoms with E-state index in [-0.39, 0.29) is 5.92 Å². The number of alkyl halides is 1. The minimum atomic E-state index is -0.948. The van der Waals surface area contributed by atoms with Gasteiger partial charge in [0.25, 0.3) is 0 Å². The van der Waals surface area contributed by atoms with Gasteiger partial charge in [0.05, 0.1) is 0 Å². The number of carbonyl (C=O) groups is 1. The molecule has 0 saturated carbocycles. The molecule has 2 nitrogen and oxygen atoms in total. The van der Waals surface area contributed by atoms with E-state index in [0.717, 1.165) is 12.0 Å². The van der Waals surface area contributed by atoms with Crippen LogP contribution in [0.4, 0.5) is 0 Å². The highest BCUT2D eigenvalue weighted by atomic mass is 35.5. The van der Waals surface area contributed by atoms with E-state index in [9.17, 15) is 9.90 Å². The van der Waals surface area contributed by atoms with Gasteiger partial charge in [-0.15, -0.1) is 11.6 Å². The Morgan fingerprint density at radius 2 is 1.90 bits per heavy atom. The number of hydrogen-bond donors (Lipinski definition) is 1. The highest BCUT2D eigenvalue weighted by Gasteiger charge is 2.30. The zero-order valence-corrected chi connectivity index (χ0v) is 12.6. The Kier molecular flexibility index (Phi) is 3.73. The van der Waals surface area contributed by atoms with E-state index in [1.807, 2.05) is 31.2 Å². The van der Waals surface area contributed by atoms with Crippen molar-refractivity contribution in [3.8, 4) is 11.1 Å². The molecule has 2 atom stereocenters. The number of carboxylic acid groups (broad SMARTS) is 1. The topological polar surface area (TPSA) is 37.3 Å². The van der Waals surface area contributed by atoms with Crippen molar-refractivity contribution in [1.29, 1.82) is 0 Å². The first-order chi connectivity index (χ1) is 10.1. The van der Waals surface area contributed by atoms with E-state index in [2.05, 4.69) is 18.2 Å². The number of carboxylic acids is 1. The van der Waals surface area contributed by atoms with E-state index in [4.69, 9.17) is 11.6 Å². The zero-order valence-electron chi connectivity index (χ0n) is 11.8. The van der Waals surface area contributed by atoms with Crippen LogP contribution in [0, 0.1) is 0 Å². The Morgan fingerprint density at radius 1 is 1.19 bits per heavy atom. The lowest BCUT2D eigenvalue weighted by Crippen LogP contribution is -2.23. The van der Waals surface area contributed by atoms with Gasteiger partial charge >= 0.3 is 5.97 Å². The Morgan fingerprint density at radius 3 is 2.62 bits per heavy atom. The number of halogens is 1. The van der Waals surface area contributed by atoms with E-state index in [1.165, 1.54) is 22.3 Å². The molecule has 108 valence electrons. The number of aliphatic carboxylic acids is 1. The SMILES string of the molecule is CC[C@@H](c1cccc2c1Cc1ccccc1-2)[C@H](Cl)C(=O)O. The van der Waals surface area contributed by atoms with Gasteiger partial charge in [-0.3, -0.25) is 4.79 Å².